The van der Waals surface area contributed by atoms with Gasteiger partial charge in [-0.1, -0.05) is 152 Å². The average Bonchev–Trinajstić information content (AvgIpc) is 4.15. The monoisotopic (exact) mass is 1270 g/mol. The van der Waals surface area contributed by atoms with Crippen LogP contribution in [0.15, 0.2) is 24.3 Å². The molecule has 0 bridgehead atoms. The number of nitrogens with one attached hydrogen (secondary N) is 5. The Bertz CT molecular complexity index is 2370. The average molecular weight is 1280 g/mol. The van der Waals surface area contributed by atoms with Crippen LogP contribution in [0.5, 0.6) is 0 Å². The van der Waals surface area contributed by atoms with E-state index in [4.69, 9.17) is 14.6 Å². The third kappa shape index (κ3) is 48.5. The van der Waals surface area contributed by atoms with Gasteiger partial charge < -0.3 is 35.6 Å². The molecule has 0 aliphatic rings. The smallest absolute Gasteiger partial charge is 0.306 e. The van der Waals surface area contributed by atoms with Crippen LogP contribution in [-0.4, -0.2) is 144 Å². The summed E-state index contributed by atoms with van der Waals surface area (Å²) in [5.41, 5.74) is 1.95. The number of unbranched alkanes of at least 4 members (excludes halogenated alkanes) is 19. The highest BCUT2D eigenvalue weighted by molar-refractivity contribution is 7.90. The van der Waals surface area contributed by atoms with Crippen LogP contribution in [0.3, 0.4) is 0 Å². The Labute approximate surface area is 530 Å². The molecule has 4 amide bonds. The highest BCUT2D eigenvalue weighted by atomic mass is 32.2. The molecule has 7 N–H and O–H groups in total. The normalized spacial score (nSPS) is 11.9. The van der Waals surface area contributed by atoms with Gasteiger partial charge in [0.2, 0.25) is 33.7 Å². The molecule has 1 heterocycles. The lowest BCUT2D eigenvalue weighted by molar-refractivity contribution is -0.144. The zero-order valence-electron chi connectivity index (χ0n) is 54.0. The maximum absolute atomic E-state index is 12.3. The fourth-order valence-corrected chi connectivity index (χ4v) is 10.6. The number of benzene rings is 1. The molecule has 2 atom stereocenters. The van der Waals surface area contributed by atoms with Crippen molar-refractivity contribution in [3.05, 3.63) is 41.2 Å². The zero-order chi connectivity index (χ0) is 65.6. The summed E-state index contributed by atoms with van der Waals surface area (Å²) in [6.45, 7) is 5.61. The highest BCUT2D eigenvalue weighted by Crippen LogP contribution is 2.18. The lowest BCUT2D eigenvalue weighted by Gasteiger charge is -2.11. The Morgan fingerprint density at radius 3 is 1.70 bits per heavy atom. The zero-order valence-corrected chi connectivity index (χ0v) is 54.8. The van der Waals surface area contributed by atoms with Gasteiger partial charge >= 0.3 is 11.9 Å². The number of hydrogen-bond acceptors (Lipinski definition) is 16. The standard InChI is InChI=1S/C38H69N7O8S.C27H41NO7/c1-39-35(47)28-27-32(38(50)51)31-33(46)23-18-14-10-9-13-17-21-29-40-36(48)26-22-30-54(52,53)43-37(49)25-20-16-12-8-6-4-2-3-5-7-11-15-19-24-34-41-44-45-42-34;1-3-4-7-22-11-13-23(14-12-22)25(30)9-5-16-28-26(31)20-35-19-18-34-17-6-8-24(29)15-10-21(2)27(32)33/h32H,2-31H2,1H3,(H,39,47)(H,40,48)(H,43,49)(H,50,51)(H,41,42,44,45);11-14,21H,3-10,15-20H2,1-2H3,(H,28,31)(H,32,33). The second kappa shape index (κ2) is 53.8. The fraction of sp³-hybridized carbons (Fsp3) is 0.754. The summed E-state index contributed by atoms with van der Waals surface area (Å²) in [5, 5.41) is 40.1. The maximum Gasteiger partial charge on any atom is 0.306 e. The van der Waals surface area contributed by atoms with E-state index in [1.165, 1.54) is 64.0 Å². The molecule has 89 heavy (non-hydrogen) atoms. The molecule has 1 aromatic heterocycles. The van der Waals surface area contributed by atoms with E-state index in [9.17, 15) is 56.7 Å². The van der Waals surface area contributed by atoms with Crippen LogP contribution in [0.1, 0.15) is 260 Å². The summed E-state index contributed by atoms with van der Waals surface area (Å²) in [7, 11) is -2.27. The van der Waals surface area contributed by atoms with Crippen molar-refractivity contribution in [3.63, 3.8) is 0 Å². The quantitative estimate of drug-likeness (QED) is 0.0239. The van der Waals surface area contributed by atoms with E-state index < -0.39 is 39.7 Å². The molecule has 2 unspecified atom stereocenters. The van der Waals surface area contributed by atoms with E-state index in [1.54, 1.807) is 6.92 Å². The first-order valence-corrected chi connectivity index (χ1v) is 34.8. The van der Waals surface area contributed by atoms with Crippen LogP contribution in [0.2, 0.25) is 0 Å². The summed E-state index contributed by atoms with van der Waals surface area (Å²) in [4.78, 5) is 106. The van der Waals surface area contributed by atoms with Crippen LogP contribution in [0.25, 0.3) is 0 Å². The van der Waals surface area contributed by atoms with Crippen LogP contribution in [0.4, 0.5) is 0 Å². The second-order valence-electron chi connectivity index (χ2n) is 23.2. The largest absolute Gasteiger partial charge is 0.481 e. The number of ether oxygens (including phenoxy) is 2. The van der Waals surface area contributed by atoms with Crippen molar-refractivity contribution in [1.29, 1.82) is 0 Å². The molecule has 0 saturated carbocycles. The summed E-state index contributed by atoms with van der Waals surface area (Å²) in [6.07, 6.45) is 28.8. The minimum atomic E-state index is -3.76. The molecule has 24 heteroatoms. The molecular weight excluding hydrogens is 1160 g/mol. The van der Waals surface area contributed by atoms with Crippen LogP contribution in [-0.2, 0) is 70.7 Å². The topological polar surface area (TPSA) is 349 Å². The number of aryl methyl sites for hydroxylation is 2. The molecule has 1 aromatic carbocycles. The van der Waals surface area contributed by atoms with Crippen molar-refractivity contribution in [1.82, 2.24) is 41.3 Å². The van der Waals surface area contributed by atoms with Gasteiger partial charge in [-0.25, -0.2) is 8.42 Å². The van der Waals surface area contributed by atoms with Crippen LogP contribution >= 0.6 is 0 Å². The number of aromatic amines is 1. The number of hydrogen-bond donors (Lipinski definition) is 7. The Kier molecular flexibility index (Phi) is 49.0. The molecule has 0 aliphatic heterocycles. The number of carbonyl (C=O) groups excluding carboxylic acids is 7. The van der Waals surface area contributed by atoms with Gasteiger partial charge in [0.1, 0.15) is 18.2 Å². The Morgan fingerprint density at radius 2 is 1.10 bits per heavy atom. The number of amides is 4. The van der Waals surface area contributed by atoms with Gasteiger partial charge in [0, 0.05) is 90.1 Å². The number of aliphatic carboxylic acids is 2. The minimum absolute atomic E-state index is 0.0386. The van der Waals surface area contributed by atoms with E-state index in [0.29, 0.717) is 83.2 Å². The van der Waals surface area contributed by atoms with Gasteiger partial charge in [-0.2, -0.15) is 5.21 Å². The fourth-order valence-electron chi connectivity index (χ4n) is 9.56. The highest BCUT2D eigenvalue weighted by Gasteiger charge is 2.22. The van der Waals surface area contributed by atoms with Gasteiger partial charge in [0.25, 0.3) is 0 Å². The predicted octanol–water partition coefficient (Wildman–Crippen LogP) is 9.84. The van der Waals surface area contributed by atoms with Crippen molar-refractivity contribution < 1.29 is 71.3 Å². The number of aromatic nitrogens is 4. The number of rotatable bonds is 58. The van der Waals surface area contributed by atoms with Crippen molar-refractivity contribution in [3.8, 4) is 0 Å². The molecule has 2 aromatic rings. The SMILES string of the molecule is CCCCc1ccc(C(=O)CCCNC(=O)COCCOCCCC(=O)CCC(C)C(=O)O)cc1.CNC(=O)CCC(CC(=O)CCCCCCCCCNC(=O)CCCS(=O)(=O)NC(=O)CCCCCCCCCCCCCCCc1nn[nH]n1)C(=O)O. The Balaban J connectivity index is 0.000000975. The van der Waals surface area contributed by atoms with Crippen molar-refractivity contribution in [2.45, 2.75) is 251 Å². The number of carboxylic acid groups (broad SMARTS) is 2. The summed E-state index contributed by atoms with van der Waals surface area (Å²) >= 11 is 0. The van der Waals surface area contributed by atoms with E-state index >= 15 is 0 Å². The molecule has 23 nitrogen and oxygen atoms in total. The second-order valence-corrected chi connectivity index (χ2v) is 25.0. The molecule has 0 radical (unpaired) electrons. The first-order chi connectivity index (χ1) is 42.8. The van der Waals surface area contributed by atoms with Gasteiger partial charge in [-0.15, -0.1) is 10.2 Å². The molecular formula is C65H110N8O15S. The number of ketones is 3. The summed E-state index contributed by atoms with van der Waals surface area (Å²) in [6, 6.07) is 7.78. The van der Waals surface area contributed by atoms with Crippen molar-refractivity contribution >= 4 is 62.9 Å². The van der Waals surface area contributed by atoms with Gasteiger partial charge in [-0.3, -0.25) is 47.9 Å². The first kappa shape index (κ1) is 81.0. The number of carboxylic acids is 2. The predicted molar refractivity (Wildman–Crippen MR) is 341 cm³/mol. The third-order valence-electron chi connectivity index (χ3n) is 15.2. The van der Waals surface area contributed by atoms with E-state index in [0.717, 1.165) is 95.7 Å². The lowest BCUT2D eigenvalue weighted by Crippen LogP contribution is -2.33. The lowest BCUT2D eigenvalue weighted by atomic mass is 9.94. The van der Waals surface area contributed by atoms with E-state index in [2.05, 4.69) is 48.2 Å². The number of nitrogens with zero attached hydrogens (tertiary/aromatic N) is 3. The maximum atomic E-state index is 12.3. The molecule has 0 aliphatic carbocycles. The number of tetrazole rings is 1. The van der Waals surface area contributed by atoms with E-state index in [1.807, 2.05) is 24.3 Å². The summed E-state index contributed by atoms with van der Waals surface area (Å²) in [5.74, 6) is -3.88. The Morgan fingerprint density at radius 1 is 0.539 bits per heavy atom. The molecule has 0 spiro atoms. The summed E-state index contributed by atoms with van der Waals surface area (Å²) < 4.78 is 37.3. The van der Waals surface area contributed by atoms with E-state index in [-0.39, 0.29) is 99.0 Å². The molecule has 506 valence electrons. The van der Waals surface area contributed by atoms with Crippen molar-refractivity contribution in [2.24, 2.45) is 11.8 Å². The van der Waals surface area contributed by atoms with Crippen molar-refractivity contribution in [2.75, 3.05) is 52.3 Å². The molecule has 0 fully saturated rings. The Hall–Kier alpha value is -6.01. The van der Waals surface area contributed by atoms with Crippen LogP contribution in [0, 0.1) is 11.8 Å². The number of sulfonamides is 1. The van der Waals surface area contributed by atoms with Gasteiger partial charge in [0.15, 0.2) is 11.6 Å². The number of Topliss-reactive ketones (excluding diaryl/α,β-unsaturated/α-hetero) is 3. The molecule has 0 saturated heterocycles. The van der Waals surface area contributed by atoms with Gasteiger partial charge in [-0.05, 0) is 76.2 Å². The minimum Gasteiger partial charge on any atom is -0.481 e. The molecule has 2 rings (SSSR count). The number of H-pyrrole nitrogens is 1. The number of carbonyl (C=O) groups is 9. The van der Waals surface area contributed by atoms with Gasteiger partial charge in [0.05, 0.1) is 30.8 Å². The van der Waals surface area contributed by atoms with Crippen LogP contribution < -0.4 is 20.7 Å². The third-order valence-corrected chi connectivity index (χ3v) is 16.5. The first-order valence-electron chi connectivity index (χ1n) is 33.1.